The number of hydrogen-bond donors (Lipinski definition) is 2. The Morgan fingerprint density at radius 2 is 2.08 bits per heavy atom. The minimum absolute atomic E-state index is 0.109. The van der Waals surface area contributed by atoms with Crippen LogP contribution in [0.15, 0.2) is 49.1 Å². The fraction of sp³-hybridized carbons (Fsp3) is 0.333. The summed E-state index contributed by atoms with van der Waals surface area (Å²) in [4.78, 5) is 19.7. The molecule has 0 radical (unpaired) electrons. The highest BCUT2D eigenvalue weighted by Crippen LogP contribution is 2.37. The van der Waals surface area contributed by atoms with Crippen molar-refractivity contribution in [2.75, 3.05) is 25.0 Å². The van der Waals surface area contributed by atoms with Crippen LogP contribution in [-0.2, 0) is 6.54 Å². The SMILES string of the molecule is NC1CCN(CCn2cc(NC(=O)c3cnn4cccnc34)c(-c3cc(Cl)ccc3OC(F)F)n2)CC1. The lowest BCUT2D eigenvalue weighted by Crippen LogP contribution is -2.40. The van der Waals surface area contributed by atoms with Crippen molar-refractivity contribution in [1.82, 2.24) is 29.3 Å². The van der Waals surface area contributed by atoms with Crippen molar-refractivity contribution >= 4 is 28.8 Å². The number of carbonyl (C=O) groups excluding carboxylic acids is 1. The van der Waals surface area contributed by atoms with E-state index >= 15 is 0 Å². The molecule has 1 amide bonds. The molecule has 37 heavy (non-hydrogen) atoms. The molecule has 194 valence electrons. The number of hydrogen-bond acceptors (Lipinski definition) is 7. The summed E-state index contributed by atoms with van der Waals surface area (Å²) < 4.78 is 34.2. The molecule has 1 fully saturated rings. The number of alkyl halides is 2. The number of amides is 1. The van der Waals surface area contributed by atoms with Crippen LogP contribution in [0.5, 0.6) is 5.75 Å². The largest absolute Gasteiger partial charge is 0.434 e. The van der Waals surface area contributed by atoms with Gasteiger partial charge in [0, 0.05) is 41.8 Å². The molecule has 1 aliphatic heterocycles. The molecule has 0 saturated carbocycles. The zero-order valence-corrected chi connectivity index (χ0v) is 20.5. The van der Waals surface area contributed by atoms with E-state index in [0.29, 0.717) is 22.9 Å². The highest BCUT2D eigenvalue weighted by molar-refractivity contribution is 6.31. The number of nitrogens with one attached hydrogen (secondary N) is 1. The molecule has 0 spiro atoms. The average molecular weight is 531 g/mol. The summed E-state index contributed by atoms with van der Waals surface area (Å²) in [5.41, 5.74) is 7.41. The summed E-state index contributed by atoms with van der Waals surface area (Å²) in [5.74, 6) is -0.583. The average Bonchev–Trinajstić information content (AvgIpc) is 3.49. The Balaban J connectivity index is 1.47. The van der Waals surface area contributed by atoms with Gasteiger partial charge in [0.25, 0.3) is 5.91 Å². The lowest BCUT2D eigenvalue weighted by Gasteiger charge is -2.29. The molecule has 0 unspecified atom stereocenters. The molecule has 0 atom stereocenters. The van der Waals surface area contributed by atoms with Crippen LogP contribution >= 0.6 is 11.6 Å². The van der Waals surface area contributed by atoms with Crippen LogP contribution in [0, 0.1) is 0 Å². The minimum Gasteiger partial charge on any atom is -0.434 e. The van der Waals surface area contributed by atoms with E-state index in [9.17, 15) is 13.6 Å². The first-order chi connectivity index (χ1) is 17.9. The molecule has 4 aromatic rings. The quantitative estimate of drug-likeness (QED) is 0.358. The molecule has 4 heterocycles. The number of rotatable bonds is 8. The Hall–Kier alpha value is -3.61. The van der Waals surface area contributed by atoms with E-state index in [1.165, 1.54) is 28.9 Å². The van der Waals surface area contributed by atoms with Gasteiger partial charge in [0.1, 0.15) is 17.0 Å². The van der Waals surface area contributed by atoms with Crippen molar-refractivity contribution in [2.45, 2.75) is 32.0 Å². The number of nitrogens with zero attached hydrogens (tertiary/aromatic N) is 6. The second kappa shape index (κ2) is 10.8. The van der Waals surface area contributed by atoms with E-state index in [1.807, 2.05) is 0 Å². The molecule has 1 aliphatic rings. The van der Waals surface area contributed by atoms with Crippen LogP contribution < -0.4 is 15.8 Å². The van der Waals surface area contributed by atoms with Gasteiger partial charge in [0.05, 0.1) is 18.4 Å². The molecule has 0 aliphatic carbocycles. The first kappa shape index (κ1) is 25.1. The molecule has 3 aromatic heterocycles. The number of halogens is 3. The number of carbonyl (C=O) groups is 1. The monoisotopic (exact) mass is 530 g/mol. The normalized spacial score (nSPS) is 14.9. The first-order valence-electron chi connectivity index (χ1n) is 11.8. The number of piperidine rings is 1. The van der Waals surface area contributed by atoms with Gasteiger partial charge in [-0.2, -0.15) is 19.0 Å². The van der Waals surface area contributed by atoms with Gasteiger partial charge in [-0.25, -0.2) is 9.50 Å². The van der Waals surface area contributed by atoms with Gasteiger partial charge in [0.15, 0.2) is 5.65 Å². The second-order valence-electron chi connectivity index (χ2n) is 8.75. The van der Waals surface area contributed by atoms with Crippen LogP contribution in [0.4, 0.5) is 14.5 Å². The standard InChI is InChI=1S/C24H25ClF2N8O2/c25-15-2-3-20(37-24(26)27)17(12-15)21-19(14-34(32-21)11-10-33-8-4-16(28)5-9-33)31-23(36)18-13-30-35-7-1-6-29-22(18)35/h1-3,6-7,12-14,16,24H,4-5,8-11,28H2,(H,31,36). The smallest absolute Gasteiger partial charge is 0.387 e. The third kappa shape index (κ3) is 5.71. The van der Waals surface area contributed by atoms with Crippen molar-refractivity contribution < 1.29 is 18.3 Å². The summed E-state index contributed by atoms with van der Waals surface area (Å²) in [7, 11) is 0. The number of anilines is 1. The van der Waals surface area contributed by atoms with Gasteiger partial charge in [-0.05, 0) is 50.2 Å². The maximum atomic E-state index is 13.2. The van der Waals surface area contributed by atoms with Crippen LogP contribution in [0.3, 0.4) is 0 Å². The molecular formula is C24H25ClF2N8O2. The number of ether oxygens (including phenoxy) is 1. The molecule has 13 heteroatoms. The molecule has 0 bridgehead atoms. The van der Waals surface area contributed by atoms with E-state index < -0.39 is 12.5 Å². The van der Waals surface area contributed by atoms with Gasteiger partial charge >= 0.3 is 6.61 Å². The number of likely N-dealkylation sites (tertiary alicyclic amines) is 1. The third-order valence-electron chi connectivity index (χ3n) is 6.22. The molecule has 10 nitrogen and oxygen atoms in total. The third-order valence-corrected chi connectivity index (χ3v) is 6.46. The summed E-state index contributed by atoms with van der Waals surface area (Å²) in [6.07, 6.45) is 8.16. The van der Waals surface area contributed by atoms with Crippen LogP contribution in [-0.4, -0.2) is 67.5 Å². The summed E-state index contributed by atoms with van der Waals surface area (Å²) in [5, 5.41) is 11.9. The van der Waals surface area contributed by atoms with Crippen molar-refractivity contribution in [3.63, 3.8) is 0 Å². The fourth-order valence-electron chi connectivity index (χ4n) is 4.31. The second-order valence-corrected chi connectivity index (χ2v) is 9.19. The Bertz CT molecular complexity index is 1400. The van der Waals surface area contributed by atoms with E-state index in [1.54, 1.807) is 29.3 Å². The topological polar surface area (TPSA) is 116 Å². The van der Waals surface area contributed by atoms with Gasteiger partial charge in [-0.1, -0.05) is 11.6 Å². The Kier molecular flexibility index (Phi) is 7.31. The molecule has 1 saturated heterocycles. The zero-order chi connectivity index (χ0) is 25.9. The number of benzene rings is 1. The zero-order valence-electron chi connectivity index (χ0n) is 19.7. The summed E-state index contributed by atoms with van der Waals surface area (Å²) in [6, 6.07) is 6.19. The van der Waals surface area contributed by atoms with E-state index in [0.717, 1.165) is 32.5 Å². The Morgan fingerprint density at radius 1 is 1.27 bits per heavy atom. The highest BCUT2D eigenvalue weighted by Gasteiger charge is 2.23. The summed E-state index contributed by atoms with van der Waals surface area (Å²) >= 11 is 6.19. The van der Waals surface area contributed by atoms with Gasteiger partial charge < -0.3 is 20.7 Å². The van der Waals surface area contributed by atoms with Crippen molar-refractivity contribution in [3.8, 4) is 17.0 Å². The minimum atomic E-state index is -3.05. The van der Waals surface area contributed by atoms with Crippen molar-refractivity contribution in [1.29, 1.82) is 0 Å². The molecular weight excluding hydrogens is 506 g/mol. The van der Waals surface area contributed by atoms with Gasteiger partial charge in [-0.15, -0.1) is 0 Å². The predicted molar refractivity (Wildman–Crippen MR) is 134 cm³/mol. The van der Waals surface area contributed by atoms with Crippen LogP contribution in [0.25, 0.3) is 16.9 Å². The maximum Gasteiger partial charge on any atom is 0.387 e. The highest BCUT2D eigenvalue weighted by atomic mass is 35.5. The maximum absolute atomic E-state index is 13.2. The first-order valence-corrected chi connectivity index (χ1v) is 12.1. The number of fused-ring (bicyclic) bond motifs is 1. The van der Waals surface area contributed by atoms with Crippen molar-refractivity contribution in [2.24, 2.45) is 5.73 Å². The molecule has 3 N–H and O–H groups in total. The van der Waals surface area contributed by atoms with Crippen LogP contribution in [0.1, 0.15) is 23.2 Å². The van der Waals surface area contributed by atoms with E-state index in [2.05, 4.69) is 25.4 Å². The fourth-order valence-corrected chi connectivity index (χ4v) is 4.48. The number of aromatic nitrogens is 5. The lowest BCUT2D eigenvalue weighted by atomic mass is 10.1. The molecule has 1 aromatic carbocycles. The van der Waals surface area contributed by atoms with Crippen molar-refractivity contribution in [3.05, 3.63) is 59.6 Å². The Morgan fingerprint density at radius 3 is 2.86 bits per heavy atom. The summed E-state index contributed by atoms with van der Waals surface area (Å²) in [6.45, 7) is -0.0324. The van der Waals surface area contributed by atoms with Crippen LogP contribution in [0.2, 0.25) is 5.02 Å². The Labute approximate surface area is 216 Å². The van der Waals surface area contributed by atoms with E-state index in [4.69, 9.17) is 22.1 Å². The lowest BCUT2D eigenvalue weighted by molar-refractivity contribution is -0.0494. The molecule has 5 rings (SSSR count). The van der Waals surface area contributed by atoms with Gasteiger partial charge in [-0.3, -0.25) is 9.48 Å². The number of nitrogens with two attached hydrogens (primary N) is 1. The van der Waals surface area contributed by atoms with Gasteiger partial charge in [0.2, 0.25) is 0 Å². The van der Waals surface area contributed by atoms with E-state index in [-0.39, 0.29) is 28.6 Å². The predicted octanol–water partition coefficient (Wildman–Crippen LogP) is 3.52.